The molecule has 5 heteroatoms. The van der Waals surface area contributed by atoms with Crippen molar-refractivity contribution in [2.75, 3.05) is 26.9 Å². The molecule has 5 nitrogen and oxygen atoms in total. The standard InChI is InChI=1S/C19H21NO4/c1-21-13-2-3-14-12(8-13)9-16-17-15(10-22-16)19(23-6-7-24-19)5-4-18(14,17)11-20/h2-3,8,15-17H,4-7,9-10H2,1H3/t15-,16-,17-,18-/m1/s1. The number of fused-ring (bicyclic) bond motifs is 3. The highest BCUT2D eigenvalue weighted by Crippen LogP contribution is 2.60. The van der Waals surface area contributed by atoms with E-state index in [1.807, 2.05) is 6.07 Å². The summed E-state index contributed by atoms with van der Waals surface area (Å²) < 4.78 is 23.6. The number of benzene rings is 1. The Morgan fingerprint density at radius 3 is 2.83 bits per heavy atom. The summed E-state index contributed by atoms with van der Waals surface area (Å²) in [5.74, 6) is 0.567. The van der Waals surface area contributed by atoms with Gasteiger partial charge in [-0.2, -0.15) is 5.26 Å². The van der Waals surface area contributed by atoms with Crippen molar-refractivity contribution < 1.29 is 18.9 Å². The van der Waals surface area contributed by atoms with Crippen LogP contribution in [0.2, 0.25) is 0 Å². The molecule has 1 aromatic rings. The Hall–Kier alpha value is -1.61. The smallest absolute Gasteiger partial charge is 0.173 e. The largest absolute Gasteiger partial charge is 0.497 e. The summed E-state index contributed by atoms with van der Waals surface area (Å²) in [6.45, 7) is 1.90. The van der Waals surface area contributed by atoms with Crippen molar-refractivity contribution in [2.24, 2.45) is 11.8 Å². The molecule has 0 radical (unpaired) electrons. The summed E-state index contributed by atoms with van der Waals surface area (Å²) in [6, 6.07) is 8.80. The molecule has 2 heterocycles. The van der Waals surface area contributed by atoms with E-state index in [0.717, 1.165) is 30.6 Å². The van der Waals surface area contributed by atoms with Crippen molar-refractivity contribution in [1.82, 2.24) is 0 Å². The zero-order valence-electron chi connectivity index (χ0n) is 13.8. The monoisotopic (exact) mass is 327 g/mol. The summed E-state index contributed by atoms with van der Waals surface area (Å²) in [6.07, 6.45) is 2.39. The Bertz CT molecular complexity index is 721. The van der Waals surface area contributed by atoms with Gasteiger partial charge in [0.15, 0.2) is 5.79 Å². The first kappa shape index (κ1) is 14.7. The Morgan fingerprint density at radius 1 is 1.25 bits per heavy atom. The Kier molecular flexibility index (Phi) is 3.03. The Balaban J connectivity index is 1.65. The molecular weight excluding hydrogens is 306 g/mol. The van der Waals surface area contributed by atoms with Crippen LogP contribution in [-0.2, 0) is 26.0 Å². The molecule has 126 valence electrons. The lowest BCUT2D eigenvalue weighted by molar-refractivity contribution is -0.227. The lowest BCUT2D eigenvalue weighted by atomic mass is 9.53. The van der Waals surface area contributed by atoms with E-state index in [4.69, 9.17) is 18.9 Å². The molecule has 2 saturated heterocycles. The molecule has 0 N–H and O–H groups in total. The molecule has 0 unspecified atom stereocenters. The van der Waals surface area contributed by atoms with Gasteiger partial charge in [0.25, 0.3) is 0 Å². The molecule has 3 fully saturated rings. The molecule has 0 bridgehead atoms. The second-order valence-electron chi connectivity index (χ2n) is 7.32. The number of hydrogen-bond donors (Lipinski definition) is 0. The molecule has 0 aromatic heterocycles. The number of nitrogens with zero attached hydrogens (tertiary/aromatic N) is 1. The zero-order valence-corrected chi connectivity index (χ0v) is 13.8. The van der Waals surface area contributed by atoms with Crippen molar-refractivity contribution >= 4 is 0 Å². The van der Waals surface area contributed by atoms with E-state index in [-0.39, 0.29) is 17.9 Å². The lowest BCUT2D eigenvalue weighted by Gasteiger charge is -2.51. The van der Waals surface area contributed by atoms with E-state index < -0.39 is 11.2 Å². The van der Waals surface area contributed by atoms with E-state index in [2.05, 4.69) is 18.2 Å². The molecule has 5 rings (SSSR count). The average Bonchev–Trinajstić information content (AvgIpc) is 3.26. The fraction of sp³-hybridized carbons (Fsp3) is 0.632. The minimum Gasteiger partial charge on any atom is -0.497 e. The molecule has 0 amide bonds. The van der Waals surface area contributed by atoms with Crippen LogP contribution in [-0.4, -0.2) is 38.8 Å². The fourth-order valence-corrected chi connectivity index (χ4v) is 5.52. The van der Waals surface area contributed by atoms with Gasteiger partial charge < -0.3 is 18.9 Å². The molecule has 24 heavy (non-hydrogen) atoms. The van der Waals surface area contributed by atoms with Crippen LogP contribution in [0, 0.1) is 23.2 Å². The van der Waals surface area contributed by atoms with Crippen LogP contribution in [0.4, 0.5) is 0 Å². The number of hydrogen-bond acceptors (Lipinski definition) is 5. The molecule has 2 aliphatic heterocycles. The van der Waals surface area contributed by atoms with E-state index >= 15 is 0 Å². The van der Waals surface area contributed by atoms with Crippen molar-refractivity contribution in [1.29, 1.82) is 5.26 Å². The third-order valence-electron chi connectivity index (χ3n) is 6.52. The Morgan fingerprint density at radius 2 is 2.08 bits per heavy atom. The van der Waals surface area contributed by atoms with Crippen molar-refractivity contribution in [3.05, 3.63) is 29.3 Å². The van der Waals surface area contributed by atoms with Crippen molar-refractivity contribution in [3.63, 3.8) is 0 Å². The number of ether oxygens (including phenoxy) is 4. The van der Waals surface area contributed by atoms with Crippen LogP contribution < -0.4 is 4.74 Å². The third-order valence-corrected chi connectivity index (χ3v) is 6.52. The quantitative estimate of drug-likeness (QED) is 0.791. The molecule has 1 aromatic carbocycles. The maximum atomic E-state index is 10.2. The predicted octanol–water partition coefficient (Wildman–Crippen LogP) is 2.18. The molecule has 1 spiro atoms. The van der Waals surface area contributed by atoms with Gasteiger partial charge >= 0.3 is 0 Å². The minimum atomic E-state index is -0.538. The number of nitriles is 1. The summed E-state index contributed by atoms with van der Waals surface area (Å²) in [5, 5.41) is 10.2. The summed E-state index contributed by atoms with van der Waals surface area (Å²) in [4.78, 5) is 0. The van der Waals surface area contributed by atoms with Gasteiger partial charge in [-0.1, -0.05) is 6.07 Å². The van der Waals surface area contributed by atoms with Gasteiger partial charge in [-0.3, -0.25) is 0 Å². The van der Waals surface area contributed by atoms with Crippen LogP contribution in [0.3, 0.4) is 0 Å². The number of rotatable bonds is 1. The number of methoxy groups -OCH3 is 1. The van der Waals surface area contributed by atoms with E-state index in [0.29, 0.717) is 19.8 Å². The minimum absolute atomic E-state index is 0.0548. The normalized spacial score (nSPS) is 38.4. The first-order valence-electron chi connectivity index (χ1n) is 8.71. The summed E-state index contributed by atoms with van der Waals surface area (Å²) >= 11 is 0. The van der Waals surface area contributed by atoms with Gasteiger partial charge in [-0.15, -0.1) is 0 Å². The molecule has 4 aliphatic rings. The maximum Gasteiger partial charge on any atom is 0.173 e. The average molecular weight is 327 g/mol. The van der Waals surface area contributed by atoms with Gasteiger partial charge in [-0.05, 0) is 36.1 Å². The van der Waals surface area contributed by atoms with Gasteiger partial charge in [0.2, 0.25) is 0 Å². The molecule has 2 aliphatic carbocycles. The highest BCUT2D eigenvalue weighted by Gasteiger charge is 2.66. The first-order chi connectivity index (χ1) is 11.7. The van der Waals surface area contributed by atoms with Crippen LogP contribution in [0.25, 0.3) is 0 Å². The summed E-state index contributed by atoms with van der Waals surface area (Å²) in [5.41, 5.74) is 1.82. The molecule has 4 atom stereocenters. The van der Waals surface area contributed by atoms with Gasteiger partial charge in [-0.25, -0.2) is 0 Å². The van der Waals surface area contributed by atoms with Crippen LogP contribution in [0.15, 0.2) is 18.2 Å². The zero-order chi connectivity index (χ0) is 16.4. The van der Waals surface area contributed by atoms with Crippen molar-refractivity contribution in [2.45, 2.75) is 36.6 Å². The summed E-state index contributed by atoms with van der Waals surface area (Å²) in [7, 11) is 1.68. The van der Waals surface area contributed by atoms with Crippen molar-refractivity contribution in [3.8, 4) is 11.8 Å². The van der Waals surface area contributed by atoms with Gasteiger partial charge in [0.1, 0.15) is 5.75 Å². The van der Waals surface area contributed by atoms with E-state index in [1.165, 1.54) is 5.56 Å². The second kappa shape index (κ2) is 4.95. The SMILES string of the molecule is COc1ccc2c(c1)C[C@H]1OC[C@@H]3[C@H]1[C@@]2(C#N)CCC31OCCO1. The van der Waals surface area contributed by atoms with Gasteiger partial charge in [0.05, 0.1) is 44.5 Å². The highest BCUT2D eigenvalue weighted by molar-refractivity contribution is 5.48. The second-order valence-corrected chi connectivity index (χ2v) is 7.32. The highest BCUT2D eigenvalue weighted by atomic mass is 16.7. The topological polar surface area (TPSA) is 60.7 Å². The molecule has 1 saturated carbocycles. The predicted molar refractivity (Wildman–Crippen MR) is 84.6 cm³/mol. The molecular formula is C19H21NO4. The first-order valence-corrected chi connectivity index (χ1v) is 8.71. The van der Waals surface area contributed by atoms with E-state index in [9.17, 15) is 5.26 Å². The van der Waals surface area contributed by atoms with Crippen LogP contribution in [0.1, 0.15) is 24.0 Å². The van der Waals surface area contributed by atoms with E-state index in [1.54, 1.807) is 7.11 Å². The lowest BCUT2D eigenvalue weighted by Crippen LogP contribution is -2.58. The Labute approximate surface area is 141 Å². The van der Waals surface area contributed by atoms with Gasteiger partial charge in [0, 0.05) is 18.3 Å². The van der Waals surface area contributed by atoms with Crippen LogP contribution in [0.5, 0.6) is 5.75 Å². The maximum absolute atomic E-state index is 10.2. The third kappa shape index (κ3) is 1.69. The fourth-order valence-electron chi connectivity index (χ4n) is 5.52. The van der Waals surface area contributed by atoms with Crippen LogP contribution >= 0.6 is 0 Å².